The molecule has 0 N–H and O–H groups in total. The number of nitrogens with zero attached hydrogens (tertiary/aromatic N) is 1. The quantitative estimate of drug-likeness (QED) is 0.716. The van der Waals surface area contributed by atoms with E-state index in [1.165, 1.54) is 5.56 Å². The standard InChI is InChI=1S/C21H21NO3/c23-21(18-6-7-20-17(14-18)10-13-24-20)22-11-8-19(9-12-22)25-15-16-4-2-1-3-5-16/h1-7,10,13-14,19H,8-9,11-12,15H2. The molecule has 1 amide bonds. The van der Waals surface area contributed by atoms with Crippen LogP contribution in [0.5, 0.6) is 0 Å². The fourth-order valence-corrected chi connectivity index (χ4v) is 3.30. The molecule has 128 valence electrons. The summed E-state index contributed by atoms with van der Waals surface area (Å²) in [4.78, 5) is 14.6. The number of likely N-dealkylation sites (tertiary alicyclic amines) is 1. The molecule has 4 nitrogen and oxygen atoms in total. The Labute approximate surface area is 147 Å². The van der Waals surface area contributed by atoms with Crippen LogP contribution < -0.4 is 0 Å². The number of piperidine rings is 1. The molecule has 0 saturated carbocycles. The van der Waals surface area contributed by atoms with Gasteiger partial charge in [0.15, 0.2) is 0 Å². The summed E-state index contributed by atoms with van der Waals surface area (Å²) in [6.45, 7) is 2.11. The second kappa shape index (κ2) is 7.11. The molecule has 1 saturated heterocycles. The number of furan rings is 1. The van der Waals surface area contributed by atoms with E-state index in [0.29, 0.717) is 6.61 Å². The van der Waals surface area contributed by atoms with Crippen LogP contribution in [0.4, 0.5) is 0 Å². The highest BCUT2D eigenvalue weighted by Crippen LogP contribution is 2.21. The number of hydrogen-bond acceptors (Lipinski definition) is 3. The molecule has 0 atom stereocenters. The van der Waals surface area contributed by atoms with E-state index in [0.717, 1.165) is 42.5 Å². The van der Waals surface area contributed by atoms with E-state index < -0.39 is 0 Å². The molecule has 4 heteroatoms. The molecule has 0 radical (unpaired) electrons. The van der Waals surface area contributed by atoms with E-state index >= 15 is 0 Å². The Morgan fingerprint density at radius 3 is 2.68 bits per heavy atom. The Morgan fingerprint density at radius 1 is 1.08 bits per heavy atom. The zero-order valence-electron chi connectivity index (χ0n) is 14.1. The van der Waals surface area contributed by atoms with Gasteiger partial charge in [-0.3, -0.25) is 4.79 Å². The molecule has 25 heavy (non-hydrogen) atoms. The van der Waals surface area contributed by atoms with Crippen LogP contribution in [0.1, 0.15) is 28.8 Å². The smallest absolute Gasteiger partial charge is 0.253 e. The van der Waals surface area contributed by atoms with Crippen LogP contribution in [0.3, 0.4) is 0 Å². The third kappa shape index (κ3) is 3.59. The van der Waals surface area contributed by atoms with Crippen LogP contribution in [-0.4, -0.2) is 30.0 Å². The highest BCUT2D eigenvalue weighted by atomic mass is 16.5. The van der Waals surface area contributed by atoms with Crippen molar-refractivity contribution >= 4 is 16.9 Å². The lowest BCUT2D eigenvalue weighted by atomic mass is 10.1. The van der Waals surface area contributed by atoms with Crippen molar-refractivity contribution in [3.8, 4) is 0 Å². The minimum atomic E-state index is 0.0876. The third-order valence-corrected chi connectivity index (χ3v) is 4.76. The van der Waals surface area contributed by atoms with Gasteiger partial charge in [-0.1, -0.05) is 30.3 Å². The summed E-state index contributed by atoms with van der Waals surface area (Å²) < 4.78 is 11.3. The highest BCUT2D eigenvalue weighted by Gasteiger charge is 2.24. The first kappa shape index (κ1) is 15.9. The number of carbonyl (C=O) groups excluding carboxylic acids is 1. The van der Waals surface area contributed by atoms with Crippen LogP contribution in [0.2, 0.25) is 0 Å². The van der Waals surface area contributed by atoms with Gasteiger partial charge in [0.2, 0.25) is 0 Å². The second-order valence-corrected chi connectivity index (χ2v) is 6.46. The lowest BCUT2D eigenvalue weighted by Gasteiger charge is -2.32. The van der Waals surface area contributed by atoms with E-state index in [-0.39, 0.29) is 12.0 Å². The lowest BCUT2D eigenvalue weighted by Crippen LogP contribution is -2.40. The van der Waals surface area contributed by atoms with E-state index in [9.17, 15) is 4.79 Å². The first-order valence-corrected chi connectivity index (χ1v) is 8.72. The second-order valence-electron chi connectivity index (χ2n) is 6.46. The molecule has 0 aliphatic carbocycles. The molecular formula is C21H21NO3. The largest absolute Gasteiger partial charge is 0.464 e. The number of fused-ring (bicyclic) bond motifs is 1. The summed E-state index contributed by atoms with van der Waals surface area (Å²) in [5, 5.41) is 0.965. The van der Waals surface area contributed by atoms with Crippen molar-refractivity contribution in [2.75, 3.05) is 13.1 Å². The molecule has 0 unspecified atom stereocenters. The molecule has 4 rings (SSSR count). The van der Waals surface area contributed by atoms with Crippen molar-refractivity contribution in [1.82, 2.24) is 4.90 Å². The number of carbonyl (C=O) groups is 1. The maximum Gasteiger partial charge on any atom is 0.253 e. The topological polar surface area (TPSA) is 42.7 Å². The molecule has 1 aromatic heterocycles. The average molecular weight is 335 g/mol. The van der Waals surface area contributed by atoms with Gasteiger partial charge < -0.3 is 14.1 Å². The van der Waals surface area contributed by atoms with Gasteiger partial charge in [-0.15, -0.1) is 0 Å². The monoisotopic (exact) mass is 335 g/mol. The maximum atomic E-state index is 12.7. The summed E-state index contributed by atoms with van der Waals surface area (Å²) in [6, 6.07) is 17.7. The predicted molar refractivity (Wildman–Crippen MR) is 96.4 cm³/mol. The first-order chi connectivity index (χ1) is 12.3. The minimum absolute atomic E-state index is 0.0876. The van der Waals surface area contributed by atoms with Gasteiger partial charge in [-0.2, -0.15) is 0 Å². The van der Waals surface area contributed by atoms with Crippen LogP contribution in [0.15, 0.2) is 65.3 Å². The number of rotatable bonds is 4. The Bertz CT molecular complexity index is 848. The fourth-order valence-electron chi connectivity index (χ4n) is 3.30. The summed E-state index contributed by atoms with van der Waals surface area (Å²) in [5.41, 5.74) is 2.72. The average Bonchev–Trinajstić information content (AvgIpc) is 3.15. The van der Waals surface area contributed by atoms with Gasteiger partial charge in [0.05, 0.1) is 19.0 Å². The van der Waals surface area contributed by atoms with Gasteiger partial charge in [-0.05, 0) is 42.7 Å². The molecule has 1 fully saturated rings. The van der Waals surface area contributed by atoms with E-state index in [4.69, 9.17) is 9.15 Å². The molecule has 0 bridgehead atoms. The maximum absolute atomic E-state index is 12.7. The van der Waals surface area contributed by atoms with Gasteiger partial charge in [0, 0.05) is 24.0 Å². The Kier molecular flexibility index (Phi) is 4.53. The van der Waals surface area contributed by atoms with E-state index in [1.807, 2.05) is 47.4 Å². The van der Waals surface area contributed by atoms with Gasteiger partial charge in [0.25, 0.3) is 5.91 Å². The highest BCUT2D eigenvalue weighted by molar-refractivity contribution is 5.97. The number of ether oxygens (including phenoxy) is 1. The third-order valence-electron chi connectivity index (χ3n) is 4.76. The normalized spacial score (nSPS) is 15.6. The van der Waals surface area contributed by atoms with Crippen molar-refractivity contribution in [2.45, 2.75) is 25.6 Å². The zero-order chi connectivity index (χ0) is 17.1. The number of amides is 1. The van der Waals surface area contributed by atoms with Crippen molar-refractivity contribution < 1.29 is 13.9 Å². The van der Waals surface area contributed by atoms with Crippen molar-refractivity contribution in [3.05, 3.63) is 72.0 Å². The van der Waals surface area contributed by atoms with Gasteiger partial charge in [0.1, 0.15) is 5.58 Å². The summed E-state index contributed by atoms with van der Waals surface area (Å²) in [7, 11) is 0. The van der Waals surface area contributed by atoms with Crippen LogP contribution in [0, 0.1) is 0 Å². The Morgan fingerprint density at radius 2 is 1.88 bits per heavy atom. The summed E-state index contributed by atoms with van der Waals surface area (Å²) >= 11 is 0. The van der Waals surface area contributed by atoms with Crippen LogP contribution >= 0.6 is 0 Å². The number of benzene rings is 2. The molecule has 1 aliphatic rings. The molecule has 0 spiro atoms. The molecule has 3 aromatic rings. The van der Waals surface area contributed by atoms with Crippen LogP contribution in [0.25, 0.3) is 11.0 Å². The first-order valence-electron chi connectivity index (χ1n) is 8.72. The number of hydrogen-bond donors (Lipinski definition) is 0. The Hall–Kier alpha value is -2.59. The van der Waals surface area contributed by atoms with Crippen molar-refractivity contribution in [3.63, 3.8) is 0 Å². The van der Waals surface area contributed by atoms with Crippen molar-refractivity contribution in [2.24, 2.45) is 0 Å². The van der Waals surface area contributed by atoms with Crippen molar-refractivity contribution in [1.29, 1.82) is 0 Å². The minimum Gasteiger partial charge on any atom is -0.464 e. The predicted octanol–water partition coefficient (Wildman–Crippen LogP) is 4.25. The Balaban J connectivity index is 1.32. The van der Waals surface area contributed by atoms with Gasteiger partial charge >= 0.3 is 0 Å². The summed E-state index contributed by atoms with van der Waals surface area (Å²) in [5.74, 6) is 0.0876. The molecule has 2 aromatic carbocycles. The molecular weight excluding hydrogens is 314 g/mol. The fraction of sp³-hybridized carbons (Fsp3) is 0.286. The lowest BCUT2D eigenvalue weighted by molar-refractivity contribution is -0.000375. The van der Waals surface area contributed by atoms with Gasteiger partial charge in [-0.25, -0.2) is 0 Å². The summed E-state index contributed by atoms with van der Waals surface area (Å²) in [6.07, 6.45) is 3.63. The molecule has 1 aliphatic heterocycles. The van der Waals surface area contributed by atoms with Crippen LogP contribution in [-0.2, 0) is 11.3 Å². The van der Waals surface area contributed by atoms with E-state index in [2.05, 4.69) is 12.1 Å². The zero-order valence-corrected chi connectivity index (χ0v) is 14.1. The SMILES string of the molecule is O=C(c1ccc2occc2c1)N1CCC(OCc2ccccc2)CC1. The molecule has 2 heterocycles. The van der Waals surface area contributed by atoms with E-state index in [1.54, 1.807) is 6.26 Å².